The summed E-state index contributed by atoms with van der Waals surface area (Å²) in [6, 6.07) is -0.856. The first-order chi connectivity index (χ1) is 9.75. The molecule has 21 heavy (non-hydrogen) atoms. The van der Waals surface area contributed by atoms with E-state index >= 15 is 0 Å². The molecule has 0 saturated heterocycles. The van der Waals surface area contributed by atoms with Crippen molar-refractivity contribution >= 4 is 28.5 Å². The minimum Gasteiger partial charge on any atom is -0.481 e. The summed E-state index contributed by atoms with van der Waals surface area (Å²) in [5, 5.41) is 16.9. The Morgan fingerprint density at radius 3 is 2.67 bits per heavy atom. The number of urea groups is 1. The van der Waals surface area contributed by atoms with Crippen LogP contribution in [0, 0.1) is 5.41 Å². The predicted molar refractivity (Wildman–Crippen MR) is 81.7 cm³/mol. The summed E-state index contributed by atoms with van der Waals surface area (Å²) < 4.78 is 0. The molecule has 0 spiro atoms. The average Bonchev–Trinajstić information content (AvgIpc) is 3.08. The Morgan fingerprint density at radius 2 is 2.14 bits per heavy atom. The predicted octanol–water partition coefficient (Wildman–Crippen LogP) is 3.03. The normalized spacial score (nSPS) is 16.3. The maximum absolute atomic E-state index is 12.0. The zero-order valence-corrected chi connectivity index (χ0v) is 13.3. The SMILES string of the molecule is CC(C)(C)C(CC(=O)O)NC(=O)Nc1nc(C2CC2)cs1. The second-order valence-electron chi connectivity index (χ2n) is 6.47. The van der Waals surface area contributed by atoms with Crippen LogP contribution in [0.3, 0.4) is 0 Å². The number of aliphatic carboxylic acids is 1. The van der Waals surface area contributed by atoms with Gasteiger partial charge in [0.05, 0.1) is 12.1 Å². The van der Waals surface area contributed by atoms with Gasteiger partial charge >= 0.3 is 12.0 Å². The van der Waals surface area contributed by atoms with Crippen LogP contribution in [0.15, 0.2) is 5.38 Å². The van der Waals surface area contributed by atoms with Crippen LogP contribution >= 0.6 is 11.3 Å². The van der Waals surface area contributed by atoms with E-state index in [9.17, 15) is 9.59 Å². The molecule has 1 aromatic rings. The average molecular weight is 311 g/mol. The number of nitrogens with zero attached hydrogens (tertiary/aromatic N) is 1. The Hall–Kier alpha value is -1.63. The fourth-order valence-corrected chi connectivity index (χ4v) is 2.74. The number of nitrogens with one attached hydrogen (secondary N) is 2. The summed E-state index contributed by atoms with van der Waals surface area (Å²) in [6.07, 6.45) is 2.22. The zero-order valence-electron chi connectivity index (χ0n) is 12.5. The minimum atomic E-state index is -0.930. The number of rotatable bonds is 5. The van der Waals surface area contributed by atoms with Gasteiger partial charge in [-0.25, -0.2) is 9.78 Å². The Labute approximate surface area is 128 Å². The monoisotopic (exact) mass is 311 g/mol. The largest absolute Gasteiger partial charge is 0.481 e. The number of carbonyl (C=O) groups is 2. The molecule has 7 heteroatoms. The lowest BCUT2D eigenvalue weighted by atomic mass is 9.85. The van der Waals surface area contributed by atoms with Crippen molar-refractivity contribution < 1.29 is 14.7 Å². The van der Waals surface area contributed by atoms with E-state index in [1.54, 1.807) is 0 Å². The summed E-state index contributed by atoms with van der Waals surface area (Å²) in [4.78, 5) is 27.3. The van der Waals surface area contributed by atoms with Gasteiger partial charge in [0, 0.05) is 17.3 Å². The van der Waals surface area contributed by atoms with Gasteiger partial charge in [-0.2, -0.15) is 0 Å². The van der Waals surface area contributed by atoms with Crippen LogP contribution in [0.2, 0.25) is 0 Å². The molecule has 2 amide bonds. The number of anilines is 1. The summed E-state index contributed by atoms with van der Waals surface area (Å²) in [6.45, 7) is 5.69. The first-order valence-electron chi connectivity index (χ1n) is 7.00. The molecule has 2 rings (SSSR count). The number of aromatic nitrogens is 1. The highest BCUT2D eigenvalue weighted by atomic mass is 32.1. The molecule has 1 unspecified atom stereocenters. The molecule has 116 valence electrons. The molecule has 1 saturated carbocycles. The molecule has 1 aliphatic rings. The number of carboxylic acids is 1. The van der Waals surface area contributed by atoms with Gasteiger partial charge in [-0.15, -0.1) is 11.3 Å². The van der Waals surface area contributed by atoms with Gasteiger partial charge in [-0.1, -0.05) is 20.8 Å². The second kappa shape index (κ2) is 6.01. The Bertz CT molecular complexity index is 532. The van der Waals surface area contributed by atoms with Crippen molar-refractivity contribution in [3.05, 3.63) is 11.1 Å². The Kier molecular flexibility index (Phi) is 4.51. The van der Waals surface area contributed by atoms with Crippen LogP contribution in [0.4, 0.5) is 9.93 Å². The third-order valence-electron chi connectivity index (χ3n) is 3.47. The van der Waals surface area contributed by atoms with Gasteiger partial charge in [0.1, 0.15) is 0 Å². The molecule has 1 fully saturated rings. The fourth-order valence-electron chi connectivity index (χ4n) is 1.95. The van der Waals surface area contributed by atoms with Crippen molar-refractivity contribution in [1.29, 1.82) is 0 Å². The number of carboxylic acid groups (broad SMARTS) is 1. The zero-order chi connectivity index (χ0) is 15.6. The molecule has 3 N–H and O–H groups in total. The van der Waals surface area contributed by atoms with E-state index in [0.717, 1.165) is 5.69 Å². The van der Waals surface area contributed by atoms with Crippen LogP contribution < -0.4 is 10.6 Å². The fraction of sp³-hybridized carbons (Fsp3) is 0.643. The van der Waals surface area contributed by atoms with Crippen molar-refractivity contribution in [1.82, 2.24) is 10.3 Å². The van der Waals surface area contributed by atoms with Crippen LogP contribution in [-0.4, -0.2) is 28.1 Å². The van der Waals surface area contributed by atoms with Gasteiger partial charge in [0.25, 0.3) is 0 Å². The van der Waals surface area contributed by atoms with Crippen LogP contribution in [0.25, 0.3) is 0 Å². The van der Waals surface area contributed by atoms with E-state index in [4.69, 9.17) is 5.11 Å². The topological polar surface area (TPSA) is 91.3 Å². The summed E-state index contributed by atoms with van der Waals surface area (Å²) in [5.74, 6) is -0.380. The van der Waals surface area contributed by atoms with Gasteiger partial charge in [0.15, 0.2) is 5.13 Å². The van der Waals surface area contributed by atoms with Crippen LogP contribution in [0.5, 0.6) is 0 Å². The molecule has 1 heterocycles. The number of amides is 2. The van der Waals surface area contributed by atoms with E-state index in [1.165, 1.54) is 24.2 Å². The van der Waals surface area contributed by atoms with Gasteiger partial charge in [0.2, 0.25) is 0 Å². The van der Waals surface area contributed by atoms with E-state index in [0.29, 0.717) is 11.0 Å². The van der Waals surface area contributed by atoms with E-state index < -0.39 is 18.0 Å². The second-order valence-corrected chi connectivity index (χ2v) is 7.32. The Morgan fingerprint density at radius 1 is 1.48 bits per heavy atom. The maximum Gasteiger partial charge on any atom is 0.321 e. The standard InChI is InChI=1S/C14H21N3O3S/c1-14(2,3)10(6-11(18)19)16-12(20)17-13-15-9(7-21-13)8-4-5-8/h7-8,10H,4-6H2,1-3H3,(H,18,19)(H2,15,16,17,20). The molecule has 6 nitrogen and oxygen atoms in total. The highest BCUT2D eigenvalue weighted by Crippen LogP contribution is 2.40. The molecule has 0 aliphatic heterocycles. The smallest absolute Gasteiger partial charge is 0.321 e. The summed E-state index contributed by atoms with van der Waals surface area (Å²) >= 11 is 1.40. The highest BCUT2D eigenvalue weighted by Gasteiger charge is 2.29. The molecule has 0 aromatic carbocycles. The highest BCUT2D eigenvalue weighted by molar-refractivity contribution is 7.13. The van der Waals surface area contributed by atoms with E-state index in [1.807, 2.05) is 26.2 Å². The van der Waals surface area contributed by atoms with Crippen molar-refractivity contribution in [2.24, 2.45) is 5.41 Å². The Balaban J connectivity index is 1.92. The lowest BCUT2D eigenvalue weighted by Crippen LogP contribution is -2.46. The van der Waals surface area contributed by atoms with Gasteiger partial charge < -0.3 is 10.4 Å². The molecular formula is C14H21N3O3S. The van der Waals surface area contributed by atoms with Crippen LogP contribution in [-0.2, 0) is 4.79 Å². The summed E-state index contributed by atoms with van der Waals surface area (Å²) in [7, 11) is 0. The molecule has 1 atom stereocenters. The van der Waals surface area contributed by atoms with Crippen molar-refractivity contribution in [2.75, 3.05) is 5.32 Å². The molecular weight excluding hydrogens is 290 g/mol. The third-order valence-corrected chi connectivity index (χ3v) is 4.24. The lowest BCUT2D eigenvalue weighted by molar-refractivity contribution is -0.138. The van der Waals surface area contributed by atoms with Gasteiger partial charge in [-0.05, 0) is 18.3 Å². The number of carbonyl (C=O) groups excluding carboxylic acids is 1. The van der Waals surface area contributed by atoms with E-state index in [-0.39, 0.29) is 11.8 Å². The van der Waals surface area contributed by atoms with Gasteiger partial charge in [-0.3, -0.25) is 10.1 Å². The molecule has 1 aliphatic carbocycles. The number of hydrogen-bond acceptors (Lipinski definition) is 4. The maximum atomic E-state index is 12.0. The summed E-state index contributed by atoms with van der Waals surface area (Å²) in [5.41, 5.74) is 0.700. The molecule has 1 aromatic heterocycles. The molecule has 0 radical (unpaired) electrons. The quantitative estimate of drug-likeness (QED) is 0.779. The van der Waals surface area contributed by atoms with E-state index in [2.05, 4.69) is 15.6 Å². The first kappa shape index (κ1) is 15.8. The van der Waals surface area contributed by atoms with Crippen molar-refractivity contribution in [3.63, 3.8) is 0 Å². The van der Waals surface area contributed by atoms with Crippen molar-refractivity contribution in [2.45, 2.75) is 52.0 Å². The first-order valence-corrected chi connectivity index (χ1v) is 7.88. The number of hydrogen-bond donors (Lipinski definition) is 3. The molecule has 0 bridgehead atoms. The lowest BCUT2D eigenvalue weighted by Gasteiger charge is -2.30. The third kappa shape index (κ3) is 4.70. The number of thiazole rings is 1. The minimum absolute atomic E-state index is 0.109. The van der Waals surface area contributed by atoms with Crippen LogP contribution in [0.1, 0.15) is 51.6 Å². The van der Waals surface area contributed by atoms with Crippen molar-refractivity contribution in [3.8, 4) is 0 Å².